The van der Waals surface area contributed by atoms with E-state index in [-0.39, 0.29) is 34.8 Å². The number of nitrogens with one attached hydrogen (secondary N) is 2. The molecule has 0 radical (unpaired) electrons. The van der Waals surface area contributed by atoms with E-state index < -0.39 is 5.60 Å². The number of benzene rings is 1. The van der Waals surface area contributed by atoms with Gasteiger partial charge in [0.05, 0.1) is 28.0 Å². The summed E-state index contributed by atoms with van der Waals surface area (Å²) in [6.07, 6.45) is 8.51. The van der Waals surface area contributed by atoms with Crippen LogP contribution < -0.4 is 16.3 Å². The Morgan fingerprint density at radius 3 is 2.69 bits per heavy atom. The number of amides is 1. The Morgan fingerprint density at radius 2 is 1.97 bits per heavy atom. The van der Waals surface area contributed by atoms with Crippen LogP contribution in [0.25, 0.3) is 5.69 Å². The Balaban J connectivity index is 1.40. The Bertz CT molecular complexity index is 1080. The first-order valence-corrected chi connectivity index (χ1v) is 13.5. The maximum absolute atomic E-state index is 13.1. The van der Waals surface area contributed by atoms with Gasteiger partial charge in [-0.05, 0) is 70.3 Å². The number of carbonyl (C=O) groups excluding carboxylic acids is 1. The van der Waals surface area contributed by atoms with Crippen LogP contribution in [-0.2, 0) is 11.3 Å². The lowest BCUT2D eigenvalue weighted by Gasteiger charge is -2.26. The van der Waals surface area contributed by atoms with Gasteiger partial charge in [-0.2, -0.15) is 9.78 Å². The van der Waals surface area contributed by atoms with Gasteiger partial charge < -0.3 is 20.5 Å². The van der Waals surface area contributed by atoms with Gasteiger partial charge in [-0.1, -0.05) is 37.3 Å². The van der Waals surface area contributed by atoms with E-state index in [1.54, 1.807) is 29.7 Å². The summed E-state index contributed by atoms with van der Waals surface area (Å²) >= 11 is 6.33. The Labute approximate surface area is 217 Å². The van der Waals surface area contributed by atoms with Crippen LogP contribution in [0.4, 0.5) is 0 Å². The van der Waals surface area contributed by atoms with E-state index in [1.165, 1.54) is 4.68 Å². The maximum atomic E-state index is 13.1. The number of nitrogens with zero attached hydrogens (tertiary/aromatic N) is 3. The van der Waals surface area contributed by atoms with Crippen molar-refractivity contribution in [2.45, 2.75) is 83.0 Å². The molecule has 10 heteroatoms. The topological polar surface area (TPSA) is 110 Å². The molecule has 4 rings (SSSR count). The molecule has 1 saturated heterocycles. The van der Waals surface area contributed by atoms with Crippen LogP contribution in [0, 0.1) is 6.92 Å². The number of rotatable bonds is 9. The second-order valence-electron chi connectivity index (χ2n) is 10.1. The van der Waals surface area contributed by atoms with Gasteiger partial charge >= 0.3 is 5.69 Å². The largest absolute Gasteiger partial charge is 0.388 e. The fourth-order valence-corrected chi connectivity index (χ4v) is 5.28. The number of ether oxygens (including phenoxy) is 1. The Hall–Kier alpha value is -2.20. The normalized spacial score (nSPS) is 18.6. The molecule has 2 aliphatic rings. The third-order valence-electron chi connectivity index (χ3n) is 7.26. The minimum Gasteiger partial charge on any atom is -0.388 e. The Morgan fingerprint density at radius 1 is 1.25 bits per heavy atom. The van der Waals surface area contributed by atoms with Crippen LogP contribution in [0.15, 0.2) is 23.0 Å². The Kier molecular flexibility index (Phi) is 9.22. The summed E-state index contributed by atoms with van der Waals surface area (Å²) in [7, 11) is 0. The molecule has 2 heterocycles. The van der Waals surface area contributed by atoms with Crippen molar-refractivity contribution in [1.29, 1.82) is 0 Å². The van der Waals surface area contributed by atoms with Gasteiger partial charge in [0, 0.05) is 19.7 Å². The zero-order valence-electron chi connectivity index (χ0n) is 21.1. The lowest BCUT2D eigenvalue weighted by Crippen LogP contribution is -2.42. The molecular formula is C26H38ClN5O4. The molecular weight excluding hydrogens is 482 g/mol. The van der Waals surface area contributed by atoms with Crippen LogP contribution in [-0.4, -0.2) is 63.3 Å². The summed E-state index contributed by atoms with van der Waals surface area (Å²) in [5.74, 6) is 0.220. The lowest BCUT2D eigenvalue weighted by atomic mass is 9.94. The summed E-state index contributed by atoms with van der Waals surface area (Å²) in [4.78, 5) is 26.1. The molecule has 2 fully saturated rings. The standard InChI is InChI=1S/C26H38ClN5O4/c1-19-30-32(25(34)31(19)15-6-16-36-21-9-13-28-14-10-21)20-7-8-23(27)22(17-20)24(33)29-18-26(35)11-4-2-3-5-12-26/h7-8,17,21,28,35H,2-6,9-16,18H2,1H3,(H,29,33). The molecule has 9 nitrogen and oxygen atoms in total. The third kappa shape index (κ3) is 6.76. The summed E-state index contributed by atoms with van der Waals surface area (Å²) in [5, 5.41) is 21.7. The summed E-state index contributed by atoms with van der Waals surface area (Å²) in [6.45, 7) is 5.05. The molecule has 0 unspecified atom stereocenters. The van der Waals surface area contributed by atoms with E-state index in [1.807, 2.05) is 0 Å². The minimum absolute atomic E-state index is 0.180. The monoisotopic (exact) mass is 519 g/mol. The number of carbonyl (C=O) groups is 1. The highest BCUT2D eigenvalue weighted by atomic mass is 35.5. The molecule has 1 aliphatic heterocycles. The van der Waals surface area contributed by atoms with E-state index in [0.29, 0.717) is 43.9 Å². The zero-order chi connectivity index (χ0) is 25.5. The smallest absolute Gasteiger partial charge is 0.350 e. The molecule has 0 bridgehead atoms. The number of aliphatic hydroxyl groups is 1. The van der Waals surface area contributed by atoms with Crippen LogP contribution in [0.2, 0.25) is 5.02 Å². The van der Waals surface area contributed by atoms with Crippen LogP contribution in [0.5, 0.6) is 0 Å². The summed E-state index contributed by atoms with van der Waals surface area (Å²) in [5.41, 5.74) is -0.437. The van der Waals surface area contributed by atoms with Gasteiger partial charge in [0.1, 0.15) is 5.82 Å². The first-order valence-electron chi connectivity index (χ1n) is 13.2. The zero-order valence-corrected chi connectivity index (χ0v) is 21.9. The van der Waals surface area contributed by atoms with Crippen LogP contribution >= 0.6 is 11.6 Å². The predicted molar refractivity (Wildman–Crippen MR) is 139 cm³/mol. The van der Waals surface area contributed by atoms with Crippen molar-refractivity contribution in [2.24, 2.45) is 0 Å². The molecule has 3 N–H and O–H groups in total. The van der Waals surface area contributed by atoms with E-state index >= 15 is 0 Å². The number of aryl methyl sites for hydroxylation is 1. The second kappa shape index (κ2) is 12.4. The highest BCUT2D eigenvalue weighted by molar-refractivity contribution is 6.33. The summed E-state index contributed by atoms with van der Waals surface area (Å²) in [6, 6.07) is 4.85. The second-order valence-corrected chi connectivity index (χ2v) is 10.5. The van der Waals surface area contributed by atoms with E-state index in [4.69, 9.17) is 16.3 Å². The van der Waals surface area contributed by atoms with Gasteiger partial charge in [0.15, 0.2) is 0 Å². The van der Waals surface area contributed by atoms with Crippen LogP contribution in [0.1, 0.15) is 74.0 Å². The number of piperidine rings is 1. The molecule has 0 spiro atoms. The van der Waals surface area contributed by atoms with Crippen molar-refractivity contribution < 1.29 is 14.6 Å². The quantitative estimate of drug-likeness (QED) is 0.347. The van der Waals surface area contributed by atoms with Crippen molar-refractivity contribution in [1.82, 2.24) is 25.0 Å². The fourth-order valence-electron chi connectivity index (χ4n) is 5.08. The maximum Gasteiger partial charge on any atom is 0.350 e. The van der Waals surface area contributed by atoms with E-state index in [0.717, 1.165) is 51.6 Å². The average Bonchev–Trinajstić information content (AvgIpc) is 3.02. The molecule has 1 aromatic heterocycles. The predicted octanol–water partition coefficient (Wildman–Crippen LogP) is 2.97. The van der Waals surface area contributed by atoms with Crippen LogP contribution in [0.3, 0.4) is 0 Å². The minimum atomic E-state index is -0.888. The van der Waals surface area contributed by atoms with Crippen molar-refractivity contribution in [3.05, 3.63) is 45.1 Å². The molecule has 2 aromatic rings. The fraction of sp³-hybridized carbons (Fsp3) is 0.654. The van der Waals surface area contributed by atoms with E-state index in [2.05, 4.69) is 15.7 Å². The van der Waals surface area contributed by atoms with Crippen molar-refractivity contribution >= 4 is 17.5 Å². The molecule has 36 heavy (non-hydrogen) atoms. The van der Waals surface area contributed by atoms with Gasteiger partial charge in [-0.15, -0.1) is 0 Å². The van der Waals surface area contributed by atoms with Gasteiger partial charge in [-0.25, -0.2) is 4.79 Å². The molecule has 1 saturated carbocycles. The van der Waals surface area contributed by atoms with Gasteiger partial charge in [0.25, 0.3) is 5.91 Å². The van der Waals surface area contributed by atoms with Crippen molar-refractivity contribution in [2.75, 3.05) is 26.2 Å². The average molecular weight is 520 g/mol. The highest BCUT2D eigenvalue weighted by Gasteiger charge is 2.29. The molecule has 198 valence electrons. The number of halogens is 1. The first kappa shape index (κ1) is 26.9. The lowest BCUT2D eigenvalue weighted by molar-refractivity contribution is 0.0246. The summed E-state index contributed by atoms with van der Waals surface area (Å²) < 4.78 is 8.88. The number of hydrogen-bond donors (Lipinski definition) is 3. The first-order chi connectivity index (χ1) is 17.4. The third-order valence-corrected chi connectivity index (χ3v) is 7.59. The molecule has 1 aliphatic carbocycles. The molecule has 1 aromatic carbocycles. The van der Waals surface area contributed by atoms with Gasteiger partial charge in [0.2, 0.25) is 0 Å². The highest BCUT2D eigenvalue weighted by Crippen LogP contribution is 2.27. The number of aromatic nitrogens is 3. The SMILES string of the molecule is Cc1nn(-c2ccc(Cl)c(C(=O)NCC3(O)CCCCCC3)c2)c(=O)n1CCCOC1CCNCC1. The molecule has 0 atom stereocenters. The van der Waals surface area contributed by atoms with Crippen molar-refractivity contribution in [3.63, 3.8) is 0 Å². The van der Waals surface area contributed by atoms with Gasteiger partial charge in [-0.3, -0.25) is 9.36 Å². The number of hydrogen-bond acceptors (Lipinski definition) is 6. The molecule has 1 amide bonds. The van der Waals surface area contributed by atoms with E-state index in [9.17, 15) is 14.7 Å². The van der Waals surface area contributed by atoms with Crippen molar-refractivity contribution in [3.8, 4) is 5.69 Å².